The van der Waals surface area contributed by atoms with Gasteiger partial charge < -0.3 is 43.2 Å². The van der Waals surface area contributed by atoms with Gasteiger partial charge in [-0.2, -0.15) is 0 Å². The minimum absolute atomic E-state index is 0. The quantitative estimate of drug-likeness (QED) is 0.0340. The number of allylic oxidation sites excluding steroid dienone is 2. The van der Waals surface area contributed by atoms with Gasteiger partial charge in [0.2, 0.25) is 11.6 Å². The third kappa shape index (κ3) is 31.9. The van der Waals surface area contributed by atoms with Crippen LogP contribution in [0.15, 0.2) is 144 Å². The Labute approximate surface area is 794 Å². The van der Waals surface area contributed by atoms with E-state index in [1.54, 1.807) is 53.9 Å². The van der Waals surface area contributed by atoms with Crippen molar-refractivity contribution in [3.05, 3.63) is 155 Å². The predicted octanol–water partition coefficient (Wildman–Crippen LogP) is 24.7. The molecule has 1 aliphatic carbocycles. The standard InChI is InChI=1S/C12H22O2Si.C10H10Br4O.2C10H10Br2O2.2C10H12O2.3C4H9.C3Br4.Ag.Al.B.HNO3.HN.H2O.Sn.H/c1-12(2,3)15(4,5)14-10-8-11-7-6-9-13-11;1-2-4-9-5-3-6(15-9)7(11)8(12)10(9,13)14;1-2-4-10-5-3-6(14-10)8(13)7(11)9(10)12;1-2-4-10-5-3-6(14-10)7(11)8(12)9(10)13;1-2-5-10-6-3-8(11)9(12-10)4-7-10;1-2-6-10-7-5-8(12-10)3-4-9(10)11;3*1-3-4-2;4-1-2(5)3(1,6)7;;;;2-1(3)4;;;;/h6-7,9H,8,10H2,1-5H3;3,5-6H,2,4H2,1H3;2*3,5-6H,2,4H2,1H3;3-4,6-7,9H,2,5H2,1H3;3-5,7-8H,2,6H2,1H3;3*1,3-4H2,2H3;;;;;(H,2,3,4);1H;1H2;;. The molecule has 34 heteroatoms. The average molecular weight is 2550 g/mol. The van der Waals surface area contributed by atoms with Crippen LogP contribution in [-0.4, -0.2) is 163 Å². The summed E-state index contributed by atoms with van der Waals surface area (Å²) in [6, 6.07) is 3.91. The van der Waals surface area contributed by atoms with Gasteiger partial charge in [-0.1, -0.05) is 271 Å². The molecule has 0 saturated heterocycles. The van der Waals surface area contributed by atoms with E-state index in [9.17, 15) is 19.2 Å². The molecule has 625 valence electrons. The van der Waals surface area contributed by atoms with Crippen molar-refractivity contribution in [1.82, 2.24) is 0 Å². The number of carbonyl (C=O) groups excluding carboxylic acids is 4. The second kappa shape index (κ2) is 53.2. The van der Waals surface area contributed by atoms with Crippen LogP contribution in [-0.2, 0) is 76.1 Å². The Morgan fingerprint density at radius 1 is 0.586 bits per heavy atom. The van der Waals surface area contributed by atoms with Gasteiger partial charge in [-0.15, -0.1) is 10.1 Å². The molecule has 11 aliphatic rings. The number of furan rings is 1. The molecule has 0 amide bonds. The number of hydrogen-bond acceptors (Lipinski definition) is 14. The summed E-state index contributed by atoms with van der Waals surface area (Å²) in [5.41, 5.74) is -2.24. The number of ether oxygens (including phenoxy) is 5. The molecule has 1 aromatic rings. The summed E-state index contributed by atoms with van der Waals surface area (Å²) >= 11 is 42.1. The number of alkyl halides is 4. The molecule has 0 fully saturated rings. The van der Waals surface area contributed by atoms with E-state index in [1.807, 2.05) is 73.7 Å². The number of rotatable bonds is 23. The molecule has 111 heavy (non-hydrogen) atoms. The topological polar surface area (TPSA) is 256 Å². The third-order valence-corrected chi connectivity index (χ3v) is 50.8. The molecule has 12 rings (SSSR count). The van der Waals surface area contributed by atoms with E-state index in [-0.39, 0.29) is 107 Å². The van der Waals surface area contributed by atoms with Gasteiger partial charge in [0.1, 0.15) is 59.0 Å². The molecule has 4 N–H and O–H groups in total. The normalized spacial score (nSPS) is 27.2. The molecule has 10 unspecified atom stereocenters. The monoisotopic (exact) mass is 2540 g/mol. The first kappa shape index (κ1) is 113. The van der Waals surface area contributed by atoms with E-state index < -0.39 is 56.1 Å². The third-order valence-electron chi connectivity index (χ3n) is 19.4. The van der Waals surface area contributed by atoms with Crippen molar-refractivity contribution in [1.29, 1.82) is 4.35 Å². The maximum absolute atomic E-state index is 12.0. The van der Waals surface area contributed by atoms with Crippen LogP contribution < -0.4 is 0 Å². The van der Waals surface area contributed by atoms with Crippen LogP contribution in [0.5, 0.6) is 0 Å². The van der Waals surface area contributed by atoms with Gasteiger partial charge in [-0.25, -0.2) is 0 Å². The van der Waals surface area contributed by atoms with E-state index >= 15 is 0 Å². The SMILES string of the molecule is BrC1=C(Br)C1(Br)Br.CC(C)(C)[Si](C)(C)OCCc1ccco1.CCCC12C=CC(=O)C(C=C1)O2.CCCC12C=CC(C=CC1=O)O2.CCCC12C=CC(O1)C(=O)C(Br)=C2Br.CCCC12C=CC(O1)C(Br)=C(Br)C2(Br)Br.CCCC12C=CC(O1)C(Br)=C(Br)C2=O.CCC[CH2][SnH]([CH2]CCC)[CH2]CCC.O.O=[N+]([O-])O.[Ag].[B].[NH]=[Al]. The second-order valence-electron chi connectivity index (χ2n) is 28.6. The molecule has 5 radical (unpaired) electrons. The molecule has 0 saturated carbocycles. The van der Waals surface area contributed by atoms with Crippen molar-refractivity contribution in [2.24, 2.45) is 0 Å². The van der Waals surface area contributed by atoms with Gasteiger partial charge in [0, 0.05) is 70.7 Å². The van der Waals surface area contributed by atoms with Crippen LogP contribution in [0, 0.1) is 14.5 Å². The molecule has 17 nitrogen and oxygen atoms in total. The summed E-state index contributed by atoms with van der Waals surface area (Å²) in [6.45, 7) is 29.6. The zero-order chi connectivity index (χ0) is 81.9. The number of nitrogens with zero attached hydrogens (tertiary/aromatic N) is 1. The van der Waals surface area contributed by atoms with Gasteiger partial charge in [0.25, 0.3) is 5.09 Å². The van der Waals surface area contributed by atoms with Gasteiger partial charge in [0.15, 0.2) is 25.5 Å². The molecular weight excluding hydrogens is 2440 g/mol. The Morgan fingerprint density at radius 3 is 1.55 bits per heavy atom. The number of ketones is 4. The van der Waals surface area contributed by atoms with Crippen molar-refractivity contribution >= 4 is 267 Å². The number of Topliss-reactive ketones (excluding diaryl/α,β-unsaturated/α-hetero) is 2. The van der Waals surface area contributed by atoms with Gasteiger partial charge in [-0.3, -0.25) is 19.2 Å². The molecule has 0 aromatic carbocycles. The molecule has 1 aromatic heterocycles. The number of fused-ring (bicyclic) bond motifs is 10. The molecule has 10 aliphatic heterocycles. The number of halogens is 12. The van der Waals surface area contributed by atoms with Crippen molar-refractivity contribution in [3.8, 4) is 0 Å². The van der Waals surface area contributed by atoms with Gasteiger partial charge in [0.05, 0.1) is 21.3 Å². The van der Waals surface area contributed by atoms with Gasteiger partial charge >= 0.3 is 113 Å². The Hall–Kier alpha value is 1.93. The molecule has 10 bridgehead atoms. The first-order chi connectivity index (χ1) is 50.6. The number of hydrogen-bond donors (Lipinski definition) is 2. The predicted molar refractivity (Wildman–Crippen MR) is 496 cm³/mol. The van der Waals surface area contributed by atoms with E-state index in [0.29, 0.717) is 8.96 Å². The zero-order valence-electron chi connectivity index (χ0n) is 65.3. The first-order valence-corrected chi connectivity index (χ1v) is 56.8. The fourth-order valence-corrected chi connectivity index (χ4v) is 32.2. The fraction of sp³-hybridized carbons (Fsp3) is 0.610. The summed E-state index contributed by atoms with van der Waals surface area (Å²) in [4.78, 5) is 54.6. The van der Waals surface area contributed by atoms with Crippen molar-refractivity contribution in [3.63, 3.8) is 0 Å². The fourth-order valence-electron chi connectivity index (χ4n) is 12.4. The number of carbonyl (C=O) groups is 4. The summed E-state index contributed by atoms with van der Waals surface area (Å²) < 4.78 is 57.6. The summed E-state index contributed by atoms with van der Waals surface area (Å²) in [6.07, 6.45) is 46.8. The number of nitrogens with one attached hydrogen (secondary N) is 1. The van der Waals surface area contributed by atoms with Crippen LogP contribution in [0.3, 0.4) is 0 Å². The average Bonchev–Trinajstić information content (AvgIpc) is 1.62. The Kier molecular flexibility index (Phi) is 54.1. The zero-order valence-corrected chi connectivity index (χ0v) is 91.3. The van der Waals surface area contributed by atoms with Crippen molar-refractivity contribution < 1.29 is 89.9 Å². The second-order valence-corrected chi connectivity index (χ2v) is 56.7. The summed E-state index contributed by atoms with van der Waals surface area (Å²) in [7, 11) is -1.58. The first-order valence-electron chi connectivity index (χ1n) is 36.8. The van der Waals surface area contributed by atoms with Gasteiger partial charge in [-0.05, 0) is 155 Å². The van der Waals surface area contributed by atoms with E-state index in [1.165, 1.54) is 38.5 Å². The Bertz CT molecular complexity index is 3520. The van der Waals surface area contributed by atoms with E-state index in [2.05, 4.69) is 286 Å². The van der Waals surface area contributed by atoms with Crippen LogP contribution in [0.1, 0.15) is 185 Å². The minimum atomic E-state index is -1.58. The Balaban J connectivity index is 0.00000123. The summed E-state index contributed by atoms with van der Waals surface area (Å²) in [5.74, 6) is 1.19. The molecular formula is C77H108AgAlBBr12N2O15SiSn. The van der Waals surface area contributed by atoms with E-state index in [0.717, 1.165) is 110 Å². The summed E-state index contributed by atoms with van der Waals surface area (Å²) in [5, 5.41) is 13.9. The number of unbranched alkanes of at least 4 members (excludes halogenated alkanes) is 3. The van der Waals surface area contributed by atoms with Crippen LogP contribution in [0.25, 0.3) is 0 Å². The van der Waals surface area contributed by atoms with Crippen LogP contribution >= 0.6 is 191 Å². The molecule has 10 atom stereocenters. The Morgan fingerprint density at radius 2 is 1.05 bits per heavy atom. The van der Waals surface area contributed by atoms with Crippen LogP contribution in [0.4, 0.5) is 0 Å². The van der Waals surface area contributed by atoms with Crippen LogP contribution in [0.2, 0.25) is 31.4 Å². The van der Waals surface area contributed by atoms with E-state index in [4.69, 9.17) is 52.2 Å². The maximum atomic E-state index is 12.0. The van der Waals surface area contributed by atoms with Crippen molar-refractivity contribution in [2.45, 2.75) is 282 Å². The molecule has 11 heterocycles. The molecule has 0 spiro atoms. The van der Waals surface area contributed by atoms with Crippen molar-refractivity contribution in [2.75, 3.05) is 6.61 Å².